The van der Waals surface area contributed by atoms with Crippen LogP contribution in [0.2, 0.25) is 0 Å². The lowest BCUT2D eigenvalue weighted by molar-refractivity contribution is 0.0697. The van der Waals surface area contributed by atoms with Gasteiger partial charge in [0, 0.05) is 16.3 Å². The average Bonchev–Trinajstić information content (AvgIpc) is 2.60. The number of carbonyl (C=O) groups is 1. The SMILES string of the molecule is O=C(O)c1cc2ccccc2nc1-c1cccc2ccnnc12. The minimum atomic E-state index is -1.01. The molecular weight excluding hydrogens is 290 g/mol. The average molecular weight is 301 g/mol. The number of para-hydroxylation sites is 1. The molecule has 0 atom stereocenters. The molecule has 1 N–H and O–H groups in total. The maximum Gasteiger partial charge on any atom is 0.337 e. The minimum absolute atomic E-state index is 0.154. The number of rotatable bonds is 2. The Balaban J connectivity index is 2.11. The maximum atomic E-state index is 11.7. The molecule has 2 heterocycles. The van der Waals surface area contributed by atoms with Crippen LogP contribution in [0.3, 0.4) is 0 Å². The van der Waals surface area contributed by atoms with Crippen LogP contribution in [-0.2, 0) is 0 Å². The Morgan fingerprint density at radius 3 is 2.65 bits per heavy atom. The number of nitrogens with zero attached hydrogens (tertiary/aromatic N) is 3. The van der Waals surface area contributed by atoms with Gasteiger partial charge in [0.15, 0.2) is 0 Å². The normalized spacial score (nSPS) is 11.0. The van der Waals surface area contributed by atoms with Gasteiger partial charge in [0.05, 0.1) is 23.0 Å². The zero-order valence-electron chi connectivity index (χ0n) is 12.0. The van der Waals surface area contributed by atoms with E-state index < -0.39 is 5.97 Å². The molecule has 4 rings (SSSR count). The van der Waals surface area contributed by atoms with E-state index in [1.54, 1.807) is 12.3 Å². The molecule has 0 fully saturated rings. The van der Waals surface area contributed by atoms with Gasteiger partial charge in [-0.1, -0.05) is 36.4 Å². The molecule has 0 amide bonds. The molecule has 0 unspecified atom stereocenters. The number of carboxylic acids is 1. The van der Waals surface area contributed by atoms with Crippen molar-refractivity contribution in [1.29, 1.82) is 0 Å². The minimum Gasteiger partial charge on any atom is -0.478 e. The predicted octanol–water partition coefficient (Wildman–Crippen LogP) is 3.54. The number of aromatic nitrogens is 3. The second-order valence-electron chi connectivity index (χ2n) is 5.16. The molecule has 2 aromatic carbocycles. The van der Waals surface area contributed by atoms with Gasteiger partial charge in [-0.05, 0) is 18.2 Å². The topological polar surface area (TPSA) is 76.0 Å². The highest BCUT2D eigenvalue weighted by atomic mass is 16.4. The smallest absolute Gasteiger partial charge is 0.337 e. The number of hydrogen-bond donors (Lipinski definition) is 1. The summed E-state index contributed by atoms with van der Waals surface area (Å²) < 4.78 is 0. The van der Waals surface area contributed by atoms with E-state index in [2.05, 4.69) is 15.2 Å². The largest absolute Gasteiger partial charge is 0.478 e. The van der Waals surface area contributed by atoms with Crippen LogP contribution in [0.4, 0.5) is 0 Å². The van der Waals surface area contributed by atoms with Crippen molar-refractivity contribution >= 4 is 27.8 Å². The van der Waals surface area contributed by atoms with Gasteiger partial charge in [-0.2, -0.15) is 5.10 Å². The molecule has 0 aliphatic rings. The van der Waals surface area contributed by atoms with E-state index in [4.69, 9.17) is 0 Å². The van der Waals surface area contributed by atoms with Crippen LogP contribution < -0.4 is 0 Å². The van der Waals surface area contributed by atoms with E-state index in [9.17, 15) is 9.90 Å². The summed E-state index contributed by atoms with van der Waals surface area (Å²) in [4.78, 5) is 16.3. The highest BCUT2D eigenvalue weighted by Gasteiger charge is 2.17. The Labute approximate surface area is 131 Å². The van der Waals surface area contributed by atoms with Crippen molar-refractivity contribution in [3.05, 3.63) is 66.4 Å². The Morgan fingerprint density at radius 1 is 0.957 bits per heavy atom. The van der Waals surface area contributed by atoms with Crippen molar-refractivity contribution in [3.8, 4) is 11.3 Å². The Morgan fingerprint density at radius 2 is 1.78 bits per heavy atom. The Bertz CT molecular complexity index is 1050. The summed E-state index contributed by atoms with van der Waals surface area (Å²) in [6.45, 7) is 0. The molecule has 0 radical (unpaired) electrons. The summed E-state index contributed by atoms with van der Waals surface area (Å²) in [5.41, 5.74) is 2.61. The van der Waals surface area contributed by atoms with Crippen molar-refractivity contribution in [2.45, 2.75) is 0 Å². The van der Waals surface area contributed by atoms with Gasteiger partial charge in [0.25, 0.3) is 0 Å². The quantitative estimate of drug-likeness (QED) is 0.613. The highest BCUT2D eigenvalue weighted by molar-refractivity contribution is 6.03. The predicted molar refractivity (Wildman–Crippen MR) is 87.2 cm³/mol. The molecule has 2 aromatic heterocycles. The van der Waals surface area contributed by atoms with E-state index in [1.807, 2.05) is 48.5 Å². The first kappa shape index (κ1) is 13.3. The van der Waals surface area contributed by atoms with Crippen LogP contribution in [-0.4, -0.2) is 26.3 Å². The van der Waals surface area contributed by atoms with Crippen LogP contribution in [0.1, 0.15) is 10.4 Å². The second kappa shape index (κ2) is 5.14. The van der Waals surface area contributed by atoms with E-state index in [-0.39, 0.29) is 5.56 Å². The van der Waals surface area contributed by atoms with Gasteiger partial charge in [-0.15, -0.1) is 5.10 Å². The first-order chi connectivity index (χ1) is 11.2. The lowest BCUT2D eigenvalue weighted by Crippen LogP contribution is -2.03. The lowest BCUT2D eigenvalue weighted by atomic mass is 10.0. The van der Waals surface area contributed by atoms with Gasteiger partial charge < -0.3 is 5.11 Å². The second-order valence-corrected chi connectivity index (χ2v) is 5.16. The molecule has 23 heavy (non-hydrogen) atoms. The van der Waals surface area contributed by atoms with Crippen LogP contribution in [0.25, 0.3) is 33.1 Å². The molecule has 0 aliphatic carbocycles. The van der Waals surface area contributed by atoms with Gasteiger partial charge >= 0.3 is 5.97 Å². The first-order valence-corrected chi connectivity index (χ1v) is 7.08. The molecule has 0 saturated heterocycles. The van der Waals surface area contributed by atoms with Crippen LogP contribution in [0.15, 0.2) is 60.8 Å². The maximum absolute atomic E-state index is 11.7. The molecule has 4 aromatic rings. The molecule has 110 valence electrons. The van der Waals surface area contributed by atoms with Crippen molar-refractivity contribution in [2.75, 3.05) is 0 Å². The summed E-state index contributed by atoms with van der Waals surface area (Å²) in [6, 6.07) is 16.5. The van der Waals surface area contributed by atoms with Gasteiger partial charge in [0.1, 0.15) is 5.52 Å². The standard InChI is InChI=1S/C18H11N3O2/c22-18(23)14-10-12-4-1-2-7-15(12)20-17(14)13-6-3-5-11-8-9-19-21-16(11)13/h1-10H,(H,22,23). The number of aromatic carboxylic acids is 1. The summed E-state index contributed by atoms with van der Waals surface area (Å²) in [5.74, 6) is -1.01. The Kier molecular flexibility index (Phi) is 2.98. The molecular formula is C18H11N3O2. The van der Waals surface area contributed by atoms with E-state index in [1.165, 1.54) is 0 Å². The summed E-state index contributed by atoms with van der Waals surface area (Å²) in [5, 5.41) is 19.3. The third kappa shape index (κ3) is 2.19. The van der Waals surface area contributed by atoms with E-state index >= 15 is 0 Å². The van der Waals surface area contributed by atoms with E-state index in [0.29, 0.717) is 16.8 Å². The number of benzene rings is 2. The van der Waals surface area contributed by atoms with Crippen LogP contribution >= 0.6 is 0 Å². The Hall–Kier alpha value is -3.34. The zero-order valence-corrected chi connectivity index (χ0v) is 12.0. The summed E-state index contributed by atoms with van der Waals surface area (Å²) in [7, 11) is 0. The van der Waals surface area contributed by atoms with Crippen LogP contribution in [0.5, 0.6) is 0 Å². The van der Waals surface area contributed by atoms with Crippen molar-refractivity contribution < 1.29 is 9.90 Å². The number of pyridine rings is 1. The van der Waals surface area contributed by atoms with Gasteiger partial charge in [0.2, 0.25) is 0 Å². The fraction of sp³-hybridized carbons (Fsp3) is 0. The molecule has 0 bridgehead atoms. The number of fused-ring (bicyclic) bond motifs is 2. The molecule has 0 saturated carbocycles. The van der Waals surface area contributed by atoms with Gasteiger partial charge in [-0.3, -0.25) is 0 Å². The highest BCUT2D eigenvalue weighted by Crippen LogP contribution is 2.30. The first-order valence-electron chi connectivity index (χ1n) is 7.08. The molecule has 5 heteroatoms. The van der Waals surface area contributed by atoms with Crippen molar-refractivity contribution in [2.24, 2.45) is 0 Å². The summed E-state index contributed by atoms with van der Waals surface area (Å²) in [6.07, 6.45) is 1.61. The number of hydrogen-bond acceptors (Lipinski definition) is 4. The zero-order chi connectivity index (χ0) is 15.8. The molecule has 0 spiro atoms. The fourth-order valence-electron chi connectivity index (χ4n) is 2.69. The monoisotopic (exact) mass is 301 g/mol. The van der Waals surface area contributed by atoms with E-state index in [0.717, 1.165) is 16.3 Å². The lowest BCUT2D eigenvalue weighted by Gasteiger charge is -2.09. The summed E-state index contributed by atoms with van der Waals surface area (Å²) >= 11 is 0. The third-order valence-corrected chi connectivity index (χ3v) is 3.76. The molecule has 0 aliphatic heterocycles. The number of carboxylic acid groups (broad SMARTS) is 1. The fourth-order valence-corrected chi connectivity index (χ4v) is 2.69. The third-order valence-electron chi connectivity index (χ3n) is 3.76. The van der Waals surface area contributed by atoms with Crippen LogP contribution in [0, 0.1) is 0 Å². The van der Waals surface area contributed by atoms with Crippen molar-refractivity contribution in [1.82, 2.24) is 15.2 Å². The molecule has 5 nitrogen and oxygen atoms in total. The van der Waals surface area contributed by atoms with Gasteiger partial charge in [-0.25, -0.2) is 9.78 Å². The van der Waals surface area contributed by atoms with Crippen molar-refractivity contribution in [3.63, 3.8) is 0 Å².